The van der Waals surface area contributed by atoms with E-state index in [0.717, 1.165) is 37.8 Å². The van der Waals surface area contributed by atoms with Gasteiger partial charge in [-0.15, -0.1) is 0 Å². The first-order valence-corrected chi connectivity index (χ1v) is 6.36. The minimum atomic E-state index is -0.0468. The summed E-state index contributed by atoms with van der Waals surface area (Å²) in [5.74, 6) is 1.56. The quantitative estimate of drug-likeness (QED) is 0.820. The van der Waals surface area contributed by atoms with Crippen molar-refractivity contribution in [2.24, 2.45) is 0 Å². The monoisotopic (exact) mass is 263 g/mol. The zero-order chi connectivity index (χ0) is 13.1. The highest BCUT2D eigenvalue weighted by Gasteiger charge is 2.24. The van der Waals surface area contributed by atoms with Crippen molar-refractivity contribution in [3.05, 3.63) is 24.3 Å². The number of nitrogens with one attached hydrogen (secondary N) is 1. The molecule has 3 rings (SSSR count). The number of aromatic nitrogens is 6. The SMILES string of the molecule is Cc1nc(C2CN(CCn3cncn3)CCO2)n[nH]1. The van der Waals surface area contributed by atoms with E-state index in [0.29, 0.717) is 6.61 Å². The molecule has 3 heterocycles. The molecule has 0 aromatic carbocycles. The van der Waals surface area contributed by atoms with Gasteiger partial charge in [-0.25, -0.2) is 9.97 Å². The van der Waals surface area contributed by atoms with Gasteiger partial charge in [-0.2, -0.15) is 10.2 Å². The molecule has 1 N–H and O–H groups in total. The van der Waals surface area contributed by atoms with Gasteiger partial charge in [-0.3, -0.25) is 14.7 Å². The van der Waals surface area contributed by atoms with Crippen LogP contribution in [0.1, 0.15) is 17.8 Å². The van der Waals surface area contributed by atoms with Crippen molar-refractivity contribution in [2.45, 2.75) is 19.6 Å². The number of H-pyrrole nitrogens is 1. The second-order valence-electron chi connectivity index (χ2n) is 4.60. The number of morpholine rings is 1. The summed E-state index contributed by atoms with van der Waals surface area (Å²) in [6, 6.07) is 0. The minimum absolute atomic E-state index is 0.0468. The summed E-state index contributed by atoms with van der Waals surface area (Å²) in [6.07, 6.45) is 3.24. The van der Waals surface area contributed by atoms with E-state index in [1.54, 1.807) is 12.7 Å². The zero-order valence-corrected chi connectivity index (χ0v) is 10.9. The van der Waals surface area contributed by atoms with Crippen LogP contribution in [0.5, 0.6) is 0 Å². The number of hydrogen-bond donors (Lipinski definition) is 1. The maximum Gasteiger partial charge on any atom is 0.180 e. The molecular formula is C11H17N7O. The summed E-state index contributed by atoms with van der Waals surface area (Å²) < 4.78 is 7.56. The molecule has 2 aromatic heterocycles. The van der Waals surface area contributed by atoms with Gasteiger partial charge >= 0.3 is 0 Å². The van der Waals surface area contributed by atoms with Gasteiger partial charge in [0.15, 0.2) is 5.82 Å². The van der Waals surface area contributed by atoms with E-state index >= 15 is 0 Å². The summed E-state index contributed by atoms with van der Waals surface area (Å²) >= 11 is 0. The zero-order valence-electron chi connectivity index (χ0n) is 10.9. The average Bonchev–Trinajstić information content (AvgIpc) is 3.08. The number of aryl methyl sites for hydroxylation is 1. The largest absolute Gasteiger partial charge is 0.367 e. The van der Waals surface area contributed by atoms with Crippen LogP contribution >= 0.6 is 0 Å². The van der Waals surface area contributed by atoms with Crippen LogP contribution in [0.15, 0.2) is 12.7 Å². The second-order valence-corrected chi connectivity index (χ2v) is 4.60. The van der Waals surface area contributed by atoms with Crippen molar-refractivity contribution in [3.8, 4) is 0 Å². The molecule has 1 fully saturated rings. The Labute approximate surface area is 110 Å². The Kier molecular flexibility index (Phi) is 3.51. The van der Waals surface area contributed by atoms with Gasteiger partial charge in [-0.05, 0) is 6.92 Å². The van der Waals surface area contributed by atoms with Gasteiger partial charge < -0.3 is 4.74 Å². The summed E-state index contributed by atoms with van der Waals surface area (Å²) in [6.45, 7) is 6.09. The van der Waals surface area contributed by atoms with Crippen LogP contribution in [0.3, 0.4) is 0 Å². The fraction of sp³-hybridized carbons (Fsp3) is 0.636. The van der Waals surface area contributed by atoms with Crippen molar-refractivity contribution in [1.29, 1.82) is 0 Å². The third kappa shape index (κ3) is 2.96. The molecular weight excluding hydrogens is 246 g/mol. The predicted molar refractivity (Wildman–Crippen MR) is 66.3 cm³/mol. The van der Waals surface area contributed by atoms with E-state index in [-0.39, 0.29) is 6.10 Å². The first kappa shape index (κ1) is 12.2. The Morgan fingerprint density at radius 1 is 1.47 bits per heavy atom. The molecule has 1 atom stereocenters. The molecule has 0 spiro atoms. The van der Waals surface area contributed by atoms with Crippen molar-refractivity contribution >= 4 is 0 Å². The van der Waals surface area contributed by atoms with E-state index in [2.05, 4.69) is 30.2 Å². The lowest BCUT2D eigenvalue weighted by molar-refractivity contribution is -0.0352. The number of rotatable bonds is 4. The van der Waals surface area contributed by atoms with Crippen LogP contribution in [0.2, 0.25) is 0 Å². The third-order valence-corrected chi connectivity index (χ3v) is 3.16. The standard InChI is InChI=1S/C11H17N7O/c1-9-14-11(16-15-9)10-6-17(4-5-19-10)2-3-18-8-12-7-13-18/h7-8,10H,2-6H2,1H3,(H,14,15,16). The first-order chi connectivity index (χ1) is 9.31. The van der Waals surface area contributed by atoms with Gasteiger partial charge in [0.1, 0.15) is 24.6 Å². The van der Waals surface area contributed by atoms with Gasteiger partial charge in [0.2, 0.25) is 0 Å². The molecule has 0 amide bonds. The van der Waals surface area contributed by atoms with E-state index in [4.69, 9.17) is 4.74 Å². The molecule has 1 aliphatic rings. The fourth-order valence-electron chi connectivity index (χ4n) is 2.16. The molecule has 1 aliphatic heterocycles. The molecule has 8 heteroatoms. The van der Waals surface area contributed by atoms with Crippen LogP contribution in [0.4, 0.5) is 0 Å². The van der Waals surface area contributed by atoms with Crippen molar-refractivity contribution in [3.63, 3.8) is 0 Å². The molecule has 0 saturated carbocycles. The molecule has 2 aromatic rings. The van der Waals surface area contributed by atoms with Crippen LogP contribution < -0.4 is 0 Å². The Morgan fingerprint density at radius 2 is 2.42 bits per heavy atom. The van der Waals surface area contributed by atoms with E-state index in [1.807, 2.05) is 11.6 Å². The Hall–Kier alpha value is -1.80. The number of aromatic amines is 1. The van der Waals surface area contributed by atoms with Gasteiger partial charge in [0.25, 0.3) is 0 Å². The first-order valence-electron chi connectivity index (χ1n) is 6.36. The van der Waals surface area contributed by atoms with Crippen molar-refractivity contribution in [2.75, 3.05) is 26.2 Å². The van der Waals surface area contributed by atoms with E-state index in [9.17, 15) is 0 Å². The van der Waals surface area contributed by atoms with Crippen LogP contribution in [0.25, 0.3) is 0 Å². The Morgan fingerprint density at radius 3 is 3.16 bits per heavy atom. The molecule has 0 aliphatic carbocycles. The number of nitrogens with zero attached hydrogens (tertiary/aromatic N) is 6. The highest BCUT2D eigenvalue weighted by atomic mass is 16.5. The lowest BCUT2D eigenvalue weighted by Gasteiger charge is -2.31. The maximum absolute atomic E-state index is 5.72. The summed E-state index contributed by atoms with van der Waals surface area (Å²) in [5, 5.41) is 11.1. The molecule has 1 saturated heterocycles. The lowest BCUT2D eigenvalue weighted by atomic mass is 10.2. The minimum Gasteiger partial charge on any atom is -0.367 e. The highest BCUT2D eigenvalue weighted by molar-refractivity contribution is 4.95. The van der Waals surface area contributed by atoms with Gasteiger partial charge in [0, 0.05) is 19.6 Å². The van der Waals surface area contributed by atoms with E-state index < -0.39 is 0 Å². The maximum atomic E-state index is 5.72. The van der Waals surface area contributed by atoms with Crippen molar-refractivity contribution in [1.82, 2.24) is 34.8 Å². The van der Waals surface area contributed by atoms with Gasteiger partial charge in [-0.1, -0.05) is 0 Å². The Bertz CT molecular complexity index is 509. The summed E-state index contributed by atoms with van der Waals surface area (Å²) in [5.41, 5.74) is 0. The van der Waals surface area contributed by atoms with Crippen molar-refractivity contribution < 1.29 is 4.74 Å². The third-order valence-electron chi connectivity index (χ3n) is 3.16. The predicted octanol–water partition coefficient (Wildman–Crippen LogP) is -0.222. The average molecular weight is 263 g/mol. The molecule has 102 valence electrons. The normalized spacial score (nSPS) is 20.8. The van der Waals surface area contributed by atoms with E-state index in [1.165, 1.54) is 0 Å². The number of ether oxygens (including phenoxy) is 1. The molecule has 19 heavy (non-hydrogen) atoms. The smallest absolute Gasteiger partial charge is 0.180 e. The summed E-state index contributed by atoms with van der Waals surface area (Å²) in [4.78, 5) is 10.6. The van der Waals surface area contributed by atoms with Crippen LogP contribution in [0, 0.1) is 6.92 Å². The number of hydrogen-bond acceptors (Lipinski definition) is 6. The fourth-order valence-corrected chi connectivity index (χ4v) is 2.16. The lowest BCUT2D eigenvalue weighted by Crippen LogP contribution is -2.40. The molecule has 1 unspecified atom stereocenters. The van der Waals surface area contributed by atoms with Gasteiger partial charge in [0.05, 0.1) is 13.2 Å². The topological polar surface area (TPSA) is 84.8 Å². The Balaban J connectivity index is 1.56. The summed E-state index contributed by atoms with van der Waals surface area (Å²) in [7, 11) is 0. The molecule has 0 radical (unpaired) electrons. The van der Waals surface area contributed by atoms with Crippen LogP contribution in [-0.2, 0) is 11.3 Å². The highest BCUT2D eigenvalue weighted by Crippen LogP contribution is 2.18. The second kappa shape index (κ2) is 5.45. The molecule has 8 nitrogen and oxygen atoms in total. The molecule has 0 bridgehead atoms. The van der Waals surface area contributed by atoms with Crippen LogP contribution in [-0.4, -0.2) is 61.1 Å².